The summed E-state index contributed by atoms with van der Waals surface area (Å²) < 4.78 is 5.28. The van der Waals surface area contributed by atoms with Crippen molar-refractivity contribution in [2.45, 2.75) is 26.9 Å². The number of aromatic nitrogens is 1. The first-order chi connectivity index (χ1) is 10.5. The largest absolute Gasteiger partial charge is 0.479 e. The number of pyridine rings is 1. The predicted octanol–water partition coefficient (Wildman–Crippen LogP) is 2.45. The molecule has 1 saturated heterocycles. The van der Waals surface area contributed by atoms with E-state index in [2.05, 4.69) is 32.9 Å². The summed E-state index contributed by atoms with van der Waals surface area (Å²) in [7, 11) is 0. The fourth-order valence-corrected chi connectivity index (χ4v) is 2.85. The molecular weight excluding hydrogens is 280 g/mol. The monoisotopic (exact) mass is 300 g/mol. The molecule has 1 aliphatic heterocycles. The van der Waals surface area contributed by atoms with Gasteiger partial charge in [-0.15, -0.1) is 0 Å². The maximum atomic E-state index is 11.1. The van der Waals surface area contributed by atoms with Gasteiger partial charge in [0.05, 0.1) is 18.7 Å². The van der Waals surface area contributed by atoms with E-state index in [-0.39, 0.29) is 0 Å². The second kappa shape index (κ2) is 5.57. The Hall–Kier alpha value is -2.14. The van der Waals surface area contributed by atoms with Gasteiger partial charge < -0.3 is 14.7 Å². The van der Waals surface area contributed by atoms with E-state index in [0.717, 1.165) is 22.3 Å². The zero-order valence-corrected chi connectivity index (χ0v) is 13.1. The maximum Gasteiger partial charge on any atom is 0.334 e. The first kappa shape index (κ1) is 14.8. The molecule has 0 bridgehead atoms. The molecule has 1 aromatic heterocycles. The standard InChI is InChI=1S/C17H20N2O3/c1-10-4-5-13-11(2)8-15(18-16(13)12(10)3)19-6-7-22-14(9-19)17(20)21/h4-5,8,14H,6-7,9H2,1-3H3,(H,20,21). The van der Waals surface area contributed by atoms with Crippen LogP contribution < -0.4 is 4.90 Å². The van der Waals surface area contributed by atoms with Gasteiger partial charge in [-0.1, -0.05) is 12.1 Å². The highest BCUT2D eigenvalue weighted by Gasteiger charge is 2.27. The average Bonchev–Trinajstić information content (AvgIpc) is 2.51. The molecule has 116 valence electrons. The van der Waals surface area contributed by atoms with Crippen LogP contribution in [0.2, 0.25) is 0 Å². The van der Waals surface area contributed by atoms with Gasteiger partial charge in [0.1, 0.15) is 5.82 Å². The van der Waals surface area contributed by atoms with Crippen LogP contribution in [0.1, 0.15) is 16.7 Å². The topological polar surface area (TPSA) is 62.7 Å². The number of carbonyl (C=O) groups is 1. The van der Waals surface area contributed by atoms with E-state index in [0.29, 0.717) is 19.7 Å². The Morgan fingerprint density at radius 3 is 2.82 bits per heavy atom. The van der Waals surface area contributed by atoms with E-state index < -0.39 is 12.1 Å². The molecule has 0 radical (unpaired) electrons. The summed E-state index contributed by atoms with van der Waals surface area (Å²) in [6.45, 7) is 7.62. The Kier molecular flexibility index (Phi) is 3.74. The van der Waals surface area contributed by atoms with Gasteiger partial charge in [-0.2, -0.15) is 0 Å². The number of fused-ring (bicyclic) bond motifs is 1. The Labute approximate surface area is 129 Å². The van der Waals surface area contributed by atoms with Crippen LogP contribution >= 0.6 is 0 Å². The fraction of sp³-hybridized carbons (Fsp3) is 0.412. The highest BCUT2D eigenvalue weighted by molar-refractivity contribution is 5.87. The van der Waals surface area contributed by atoms with Crippen molar-refractivity contribution in [3.05, 3.63) is 34.9 Å². The van der Waals surface area contributed by atoms with Crippen molar-refractivity contribution in [2.75, 3.05) is 24.6 Å². The van der Waals surface area contributed by atoms with Crippen LogP contribution in [-0.4, -0.2) is 41.9 Å². The van der Waals surface area contributed by atoms with Gasteiger partial charge in [-0.05, 0) is 43.5 Å². The van der Waals surface area contributed by atoms with Crippen molar-refractivity contribution in [2.24, 2.45) is 0 Å². The molecule has 1 atom stereocenters. The lowest BCUT2D eigenvalue weighted by atomic mass is 10.0. The van der Waals surface area contributed by atoms with Gasteiger partial charge in [0.2, 0.25) is 0 Å². The Morgan fingerprint density at radius 1 is 1.32 bits per heavy atom. The zero-order valence-electron chi connectivity index (χ0n) is 13.1. The number of hydrogen-bond acceptors (Lipinski definition) is 4. The molecule has 0 saturated carbocycles. The van der Waals surface area contributed by atoms with E-state index >= 15 is 0 Å². The minimum absolute atomic E-state index is 0.331. The van der Waals surface area contributed by atoms with Crippen molar-refractivity contribution in [3.8, 4) is 0 Å². The third kappa shape index (κ3) is 2.52. The van der Waals surface area contributed by atoms with Crippen LogP contribution in [0.4, 0.5) is 5.82 Å². The average molecular weight is 300 g/mol. The van der Waals surface area contributed by atoms with E-state index in [9.17, 15) is 4.79 Å². The first-order valence-corrected chi connectivity index (χ1v) is 7.44. The molecule has 0 amide bonds. The van der Waals surface area contributed by atoms with Crippen LogP contribution in [-0.2, 0) is 9.53 Å². The number of ether oxygens (including phenoxy) is 1. The number of aliphatic carboxylic acids is 1. The number of aryl methyl sites for hydroxylation is 3. The number of rotatable bonds is 2. The normalized spacial score (nSPS) is 18.7. The summed E-state index contributed by atoms with van der Waals surface area (Å²) in [6, 6.07) is 6.24. The van der Waals surface area contributed by atoms with Crippen LogP contribution in [0.5, 0.6) is 0 Å². The number of benzene rings is 1. The fourth-order valence-electron chi connectivity index (χ4n) is 2.85. The van der Waals surface area contributed by atoms with Crippen molar-refractivity contribution >= 4 is 22.7 Å². The van der Waals surface area contributed by atoms with Crippen LogP contribution in [0.3, 0.4) is 0 Å². The molecule has 2 heterocycles. The van der Waals surface area contributed by atoms with Gasteiger partial charge >= 0.3 is 5.97 Å². The molecule has 1 aromatic carbocycles. The number of anilines is 1. The van der Waals surface area contributed by atoms with E-state index in [1.54, 1.807) is 0 Å². The van der Waals surface area contributed by atoms with Crippen molar-refractivity contribution < 1.29 is 14.6 Å². The molecule has 2 aromatic rings. The molecule has 22 heavy (non-hydrogen) atoms. The van der Waals surface area contributed by atoms with Crippen molar-refractivity contribution in [3.63, 3.8) is 0 Å². The lowest BCUT2D eigenvalue weighted by Gasteiger charge is -2.32. The van der Waals surface area contributed by atoms with Gasteiger partial charge in [0, 0.05) is 11.9 Å². The number of hydrogen-bond donors (Lipinski definition) is 1. The minimum Gasteiger partial charge on any atom is -0.479 e. The predicted molar refractivity (Wildman–Crippen MR) is 85.5 cm³/mol. The summed E-state index contributed by atoms with van der Waals surface area (Å²) in [5, 5.41) is 10.3. The quantitative estimate of drug-likeness (QED) is 0.923. The molecule has 0 spiro atoms. The third-order valence-electron chi connectivity index (χ3n) is 4.36. The second-order valence-corrected chi connectivity index (χ2v) is 5.84. The summed E-state index contributed by atoms with van der Waals surface area (Å²) in [5.74, 6) is -0.0949. The third-order valence-corrected chi connectivity index (χ3v) is 4.36. The zero-order chi connectivity index (χ0) is 15.9. The Balaban J connectivity index is 2.04. The van der Waals surface area contributed by atoms with Gasteiger partial charge in [0.25, 0.3) is 0 Å². The van der Waals surface area contributed by atoms with E-state index in [1.165, 1.54) is 11.1 Å². The highest BCUT2D eigenvalue weighted by Crippen LogP contribution is 2.27. The molecule has 0 aliphatic carbocycles. The second-order valence-electron chi connectivity index (χ2n) is 5.84. The van der Waals surface area contributed by atoms with Gasteiger partial charge in [-0.3, -0.25) is 0 Å². The lowest BCUT2D eigenvalue weighted by Crippen LogP contribution is -2.46. The van der Waals surface area contributed by atoms with Crippen LogP contribution in [0.15, 0.2) is 18.2 Å². The molecule has 5 heteroatoms. The van der Waals surface area contributed by atoms with E-state index in [1.807, 2.05) is 11.0 Å². The molecule has 1 aliphatic rings. The summed E-state index contributed by atoms with van der Waals surface area (Å²) in [5.41, 5.74) is 4.53. The van der Waals surface area contributed by atoms with E-state index in [4.69, 9.17) is 14.8 Å². The number of nitrogens with zero attached hydrogens (tertiary/aromatic N) is 2. The first-order valence-electron chi connectivity index (χ1n) is 7.44. The van der Waals surface area contributed by atoms with Crippen molar-refractivity contribution in [1.29, 1.82) is 0 Å². The smallest absolute Gasteiger partial charge is 0.334 e. The molecule has 5 nitrogen and oxygen atoms in total. The van der Waals surface area contributed by atoms with Gasteiger partial charge in [-0.25, -0.2) is 9.78 Å². The Morgan fingerprint density at radius 2 is 2.09 bits per heavy atom. The van der Waals surface area contributed by atoms with Crippen LogP contribution in [0.25, 0.3) is 10.9 Å². The highest BCUT2D eigenvalue weighted by atomic mass is 16.5. The summed E-state index contributed by atoms with van der Waals surface area (Å²) in [6.07, 6.45) is -0.787. The van der Waals surface area contributed by atoms with Crippen LogP contribution in [0, 0.1) is 20.8 Å². The molecule has 3 rings (SSSR count). The number of carboxylic acids is 1. The lowest BCUT2D eigenvalue weighted by molar-refractivity contribution is -0.150. The van der Waals surface area contributed by atoms with Gasteiger partial charge in [0.15, 0.2) is 6.10 Å². The molecule has 1 N–H and O–H groups in total. The maximum absolute atomic E-state index is 11.1. The molecule has 1 fully saturated rings. The Bertz CT molecular complexity index is 742. The molecular formula is C17H20N2O3. The summed E-state index contributed by atoms with van der Waals surface area (Å²) in [4.78, 5) is 17.9. The number of morpholine rings is 1. The summed E-state index contributed by atoms with van der Waals surface area (Å²) >= 11 is 0. The van der Waals surface area contributed by atoms with Crippen molar-refractivity contribution in [1.82, 2.24) is 4.98 Å². The SMILES string of the molecule is Cc1ccc2c(C)cc(N3CCOC(C(=O)O)C3)nc2c1C. The minimum atomic E-state index is -0.922. The number of carboxylic acid groups (broad SMARTS) is 1. The molecule has 1 unspecified atom stereocenters.